The first-order chi connectivity index (χ1) is 18.5. The lowest BCUT2D eigenvalue weighted by Gasteiger charge is -2.17. The third kappa shape index (κ3) is 5.71. The van der Waals surface area contributed by atoms with Crippen LogP contribution in [0.5, 0.6) is 11.5 Å². The molecule has 1 aliphatic heterocycles. The summed E-state index contributed by atoms with van der Waals surface area (Å²) in [5.74, 6) is 0.964. The zero-order valence-electron chi connectivity index (χ0n) is 21.5. The number of likely N-dealkylation sites (tertiary alicyclic amines) is 1. The molecule has 1 atom stereocenters. The Kier molecular flexibility index (Phi) is 6.75. The molecule has 1 N–H and O–H groups in total. The number of benzene rings is 2. The molecule has 0 aliphatic carbocycles. The maximum atomic E-state index is 13.7. The van der Waals surface area contributed by atoms with Gasteiger partial charge in [0.1, 0.15) is 17.3 Å². The van der Waals surface area contributed by atoms with Gasteiger partial charge in [0.15, 0.2) is 0 Å². The van der Waals surface area contributed by atoms with Crippen LogP contribution in [0.1, 0.15) is 36.1 Å². The van der Waals surface area contributed by atoms with Gasteiger partial charge in [-0.3, -0.25) is 14.6 Å². The van der Waals surface area contributed by atoms with Gasteiger partial charge < -0.3 is 19.5 Å². The first-order valence-electron chi connectivity index (χ1n) is 12.3. The number of aryl methyl sites for hydroxylation is 1. The summed E-state index contributed by atoms with van der Waals surface area (Å²) in [6, 6.07) is 12.4. The van der Waals surface area contributed by atoms with E-state index in [1.165, 1.54) is 11.8 Å². The maximum Gasteiger partial charge on any atom is 0.416 e. The first-order valence-corrected chi connectivity index (χ1v) is 12.3. The standard InChI is InChI=1S/C28H26F3N5O3/c1-16(37)8-20-13-23(6-7-32-20)39-22-4-5-24-25(14-22)36(3)27(34-24)33-21-10-17(9-19(12-21)28(29,30)31)18-11-26(38)35(2)15-18/h4-7,9-10,12-14,18H,8,11,15H2,1-3H3,(H,33,34)/t18-/m1/s1. The van der Waals surface area contributed by atoms with Gasteiger partial charge >= 0.3 is 6.18 Å². The van der Waals surface area contributed by atoms with Crippen molar-refractivity contribution in [3.63, 3.8) is 0 Å². The second kappa shape index (κ2) is 10.0. The predicted molar refractivity (Wildman–Crippen MR) is 139 cm³/mol. The van der Waals surface area contributed by atoms with Gasteiger partial charge in [-0.1, -0.05) is 0 Å². The molecule has 1 amide bonds. The Morgan fingerprint density at radius 2 is 1.87 bits per heavy atom. The Hall–Kier alpha value is -4.41. The number of ketones is 1. The molecule has 3 heterocycles. The molecular formula is C28H26F3N5O3. The average Bonchev–Trinajstić information content (AvgIpc) is 3.36. The van der Waals surface area contributed by atoms with E-state index in [-0.39, 0.29) is 36.1 Å². The normalized spacial score (nSPS) is 15.7. The minimum atomic E-state index is -4.54. The van der Waals surface area contributed by atoms with E-state index >= 15 is 0 Å². The number of anilines is 2. The summed E-state index contributed by atoms with van der Waals surface area (Å²) >= 11 is 0. The van der Waals surface area contributed by atoms with Gasteiger partial charge in [0.25, 0.3) is 0 Å². The highest BCUT2D eigenvalue weighted by Gasteiger charge is 2.34. The number of fused-ring (bicyclic) bond motifs is 1. The van der Waals surface area contributed by atoms with Crippen LogP contribution in [0.2, 0.25) is 0 Å². The highest BCUT2D eigenvalue weighted by Crippen LogP contribution is 2.37. The molecular weight excluding hydrogens is 511 g/mol. The lowest BCUT2D eigenvalue weighted by molar-refractivity contribution is -0.137. The summed E-state index contributed by atoms with van der Waals surface area (Å²) in [4.78, 5) is 33.7. The van der Waals surface area contributed by atoms with Crippen molar-refractivity contribution in [2.45, 2.75) is 31.9 Å². The Morgan fingerprint density at radius 3 is 2.56 bits per heavy atom. The van der Waals surface area contributed by atoms with Crippen molar-refractivity contribution < 1.29 is 27.5 Å². The van der Waals surface area contributed by atoms with Gasteiger partial charge in [-0.05, 0) is 48.9 Å². The number of imidazole rings is 1. The minimum Gasteiger partial charge on any atom is -0.457 e. The Bertz CT molecular complexity index is 1580. The topological polar surface area (TPSA) is 89.3 Å². The Morgan fingerprint density at radius 1 is 1.10 bits per heavy atom. The summed E-state index contributed by atoms with van der Waals surface area (Å²) in [6.07, 6.45) is -2.60. The van der Waals surface area contributed by atoms with Gasteiger partial charge in [-0.25, -0.2) is 4.98 Å². The van der Waals surface area contributed by atoms with Crippen LogP contribution >= 0.6 is 0 Å². The molecule has 4 aromatic rings. The number of Topliss-reactive ketones (excluding diaryl/α,β-unsaturated/α-hetero) is 1. The second-order valence-electron chi connectivity index (χ2n) is 9.75. The van der Waals surface area contributed by atoms with Crippen LogP contribution in [-0.2, 0) is 29.2 Å². The van der Waals surface area contributed by atoms with E-state index in [0.717, 1.165) is 12.1 Å². The number of hydrogen-bond acceptors (Lipinski definition) is 6. The van der Waals surface area contributed by atoms with Crippen molar-refractivity contribution >= 4 is 34.4 Å². The van der Waals surface area contributed by atoms with Crippen molar-refractivity contribution in [2.24, 2.45) is 7.05 Å². The van der Waals surface area contributed by atoms with Crippen LogP contribution in [0.3, 0.4) is 0 Å². The van der Waals surface area contributed by atoms with Crippen molar-refractivity contribution in [3.8, 4) is 11.5 Å². The lowest BCUT2D eigenvalue weighted by atomic mass is 9.95. The number of amides is 1. The number of nitrogens with zero attached hydrogens (tertiary/aromatic N) is 4. The molecule has 8 nitrogen and oxygen atoms in total. The highest BCUT2D eigenvalue weighted by molar-refractivity contribution is 5.82. The maximum absolute atomic E-state index is 13.7. The van der Waals surface area contributed by atoms with Gasteiger partial charge in [-0.15, -0.1) is 0 Å². The van der Waals surface area contributed by atoms with E-state index in [0.29, 0.717) is 46.3 Å². The van der Waals surface area contributed by atoms with Crippen molar-refractivity contribution in [3.05, 3.63) is 71.5 Å². The number of hydrogen-bond donors (Lipinski definition) is 1. The summed E-state index contributed by atoms with van der Waals surface area (Å²) in [5.41, 5.74) is 1.80. The van der Waals surface area contributed by atoms with Gasteiger partial charge in [-0.2, -0.15) is 13.2 Å². The SMILES string of the molecule is CC(=O)Cc1cc(Oc2ccc3nc(Nc4cc([C@@H]5CC(=O)N(C)C5)cc(C(F)(F)F)c4)n(C)c3c2)ccn1. The van der Waals surface area contributed by atoms with E-state index in [1.807, 2.05) is 0 Å². The molecule has 2 aromatic heterocycles. The fourth-order valence-corrected chi connectivity index (χ4v) is 4.69. The zero-order valence-corrected chi connectivity index (χ0v) is 21.5. The van der Waals surface area contributed by atoms with Crippen LogP contribution in [0.25, 0.3) is 11.0 Å². The van der Waals surface area contributed by atoms with Crippen LogP contribution in [0.15, 0.2) is 54.7 Å². The molecule has 202 valence electrons. The van der Waals surface area contributed by atoms with Crippen molar-refractivity contribution in [1.29, 1.82) is 0 Å². The number of nitrogens with one attached hydrogen (secondary N) is 1. The summed E-state index contributed by atoms with van der Waals surface area (Å²) in [6.45, 7) is 1.86. The zero-order chi connectivity index (χ0) is 27.9. The van der Waals surface area contributed by atoms with Gasteiger partial charge in [0.2, 0.25) is 11.9 Å². The molecule has 1 aliphatic rings. The fourth-order valence-electron chi connectivity index (χ4n) is 4.69. The molecule has 2 aromatic carbocycles. The second-order valence-corrected chi connectivity index (χ2v) is 9.75. The van der Waals surface area contributed by atoms with Crippen LogP contribution in [0, 0.1) is 0 Å². The quantitative estimate of drug-likeness (QED) is 0.330. The third-order valence-electron chi connectivity index (χ3n) is 6.66. The molecule has 5 rings (SSSR count). The molecule has 1 fully saturated rings. The monoisotopic (exact) mass is 537 g/mol. The number of likely N-dealkylation sites (N-methyl/N-ethyl adjacent to an activating group) is 1. The number of ether oxygens (including phenoxy) is 1. The minimum absolute atomic E-state index is 0.00654. The summed E-state index contributed by atoms with van der Waals surface area (Å²) in [5, 5.41) is 3.03. The van der Waals surface area contributed by atoms with E-state index in [4.69, 9.17) is 4.74 Å². The van der Waals surface area contributed by atoms with E-state index < -0.39 is 11.7 Å². The molecule has 11 heteroatoms. The number of halogens is 3. The van der Waals surface area contributed by atoms with E-state index in [2.05, 4.69) is 15.3 Å². The van der Waals surface area contributed by atoms with Crippen molar-refractivity contribution in [1.82, 2.24) is 19.4 Å². The Labute approximate surface area is 222 Å². The summed E-state index contributed by atoms with van der Waals surface area (Å²) < 4.78 is 48.9. The number of aromatic nitrogens is 3. The predicted octanol–water partition coefficient (Wildman–Crippen LogP) is 5.60. The van der Waals surface area contributed by atoms with Crippen LogP contribution in [-0.4, -0.2) is 44.7 Å². The number of carbonyl (C=O) groups excluding carboxylic acids is 2. The number of carbonyl (C=O) groups is 2. The molecule has 0 saturated carbocycles. The first kappa shape index (κ1) is 26.2. The van der Waals surface area contributed by atoms with E-state index in [9.17, 15) is 22.8 Å². The largest absolute Gasteiger partial charge is 0.457 e. The van der Waals surface area contributed by atoms with Gasteiger partial charge in [0, 0.05) is 63.4 Å². The molecule has 0 unspecified atom stereocenters. The molecule has 0 bridgehead atoms. The molecule has 1 saturated heterocycles. The molecule has 39 heavy (non-hydrogen) atoms. The number of alkyl halides is 3. The smallest absolute Gasteiger partial charge is 0.416 e. The molecule has 0 spiro atoms. The lowest BCUT2D eigenvalue weighted by Crippen LogP contribution is -2.18. The summed E-state index contributed by atoms with van der Waals surface area (Å²) in [7, 11) is 3.39. The Balaban J connectivity index is 1.43. The fraction of sp³-hybridized carbons (Fsp3) is 0.286. The number of pyridine rings is 1. The van der Waals surface area contributed by atoms with Crippen LogP contribution in [0.4, 0.5) is 24.8 Å². The third-order valence-corrected chi connectivity index (χ3v) is 6.66. The molecule has 0 radical (unpaired) electrons. The van der Waals surface area contributed by atoms with Crippen LogP contribution < -0.4 is 10.1 Å². The van der Waals surface area contributed by atoms with E-state index in [1.54, 1.807) is 61.3 Å². The highest BCUT2D eigenvalue weighted by atomic mass is 19.4. The average molecular weight is 538 g/mol. The van der Waals surface area contributed by atoms with Crippen molar-refractivity contribution in [2.75, 3.05) is 18.9 Å². The van der Waals surface area contributed by atoms with Gasteiger partial charge in [0.05, 0.1) is 22.3 Å². The number of rotatable bonds is 7.